The highest BCUT2D eigenvalue weighted by Gasteiger charge is 2.53. The van der Waals surface area contributed by atoms with Crippen molar-refractivity contribution < 1.29 is 9.90 Å². The van der Waals surface area contributed by atoms with Crippen LogP contribution in [0.5, 0.6) is 0 Å². The summed E-state index contributed by atoms with van der Waals surface area (Å²) in [5.41, 5.74) is -0.661. The molecule has 1 heterocycles. The first-order valence-electron chi connectivity index (χ1n) is 5.04. The van der Waals surface area contributed by atoms with E-state index in [2.05, 4.69) is 5.32 Å². The molecule has 1 aliphatic rings. The second kappa shape index (κ2) is 3.74. The lowest BCUT2D eigenvalue weighted by Crippen LogP contribution is -2.58. The smallest absolute Gasteiger partial charge is 0.334 e. The van der Waals surface area contributed by atoms with Crippen LogP contribution in [0.15, 0.2) is 0 Å². The second-order valence-corrected chi connectivity index (χ2v) is 3.88. The molecule has 3 atom stereocenters. The number of hydrogen-bond donors (Lipinski definition) is 3. The van der Waals surface area contributed by atoms with Crippen LogP contribution in [-0.4, -0.2) is 27.9 Å². The Morgan fingerprint density at radius 2 is 2.29 bits per heavy atom. The molecule has 14 heavy (non-hydrogen) atoms. The number of hydrazine groups is 1. The zero-order valence-corrected chi connectivity index (χ0v) is 8.95. The van der Waals surface area contributed by atoms with Gasteiger partial charge in [0.05, 0.1) is 0 Å². The molecule has 0 aromatic rings. The Bertz CT molecular complexity index is 234. The molecule has 1 saturated heterocycles. The zero-order valence-electron chi connectivity index (χ0n) is 8.95. The van der Waals surface area contributed by atoms with E-state index in [1.54, 1.807) is 0 Å². The average Bonchev–Trinajstić information content (AvgIpc) is 2.39. The van der Waals surface area contributed by atoms with E-state index in [1.165, 1.54) is 0 Å². The van der Waals surface area contributed by atoms with E-state index in [-0.39, 0.29) is 5.92 Å². The first-order chi connectivity index (χ1) is 6.50. The molecule has 1 fully saturated rings. The number of nitrogens with two attached hydrogens (primary N) is 1. The summed E-state index contributed by atoms with van der Waals surface area (Å²) in [6.07, 6.45) is 0.631. The van der Waals surface area contributed by atoms with E-state index >= 15 is 0 Å². The van der Waals surface area contributed by atoms with Crippen LogP contribution in [0.3, 0.4) is 0 Å². The van der Waals surface area contributed by atoms with Crippen LogP contribution >= 0.6 is 0 Å². The Balaban J connectivity index is 3.02. The Morgan fingerprint density at radius 1 is 1.71 bits per heavy atom. The zero-order chi connectivity index (χ0) is 10.9. The first kappa shape index (κ1) is 11.3. The van der Waals surface area contributed by atoms with E-state index in [1.807, 2.05) is 20.8 Å². The molecule has 1 rings (SSSR count). The quantitative estimate of drug-likeness (QED) is 0.457. The topological polar surface area (TPSA) is 78.6 Å². The summed E-state index contributed by atoms with van der Waals surface area (Å²) in [4.78, 5) is 11.3. The van der Waals surface area contributed by atoms with Gasteiger partial charge in [0.1, 0.15) is 5.54 Å². The second-order valence-electron chi connectivity index (χ2n) is 3.88. The Morgan fingerprint density at radius 3 is 2.57 bits per heavy atom. The number of carbonyl (C=O) groups is 1. The van der Waals surface area contributed by atoms with Crippen LogP contribution < -0.4 is 11.2 Å². The van der Waals surface area contributed by atoms with Crippen molar-refractivity contribution in [2.24, 2.45) is 11.8 Å². The molecule has 0 saturated carbocycles. The predicted molar refractivity (Wildman–Crippen MR) is 53.0 cm³/mol. The molecule has 1 aliphatic heterocycles. The number of nitrogens with one attached hydrogen (secondary N) is 1. The summed E-state index contributed by atoms with van der Waals surface area (Å²) in [5, 5.41) is 13.4. The normalized spacial score (nSPS) is 34.5. The fourth-order valence-corrected chi connectivity index (χ4v) is 2.20. The van der Waals surface area contributed by atoms with E-state index in [0.717, 1.165) is 11.4 Å². The number of amides is 2. The fourth-order valence-electron chi connectivity index (χ4n) is 2.20. The van der Waals surface area contributed by atoms with E-state index < -0.39 is 17.8 Å². The predicted octanol–water partition coefficient (Wildman–Crippen LogP) is 0.399. The van der Waals surface area contributed by atoms with Crippen molar-refractivity contribution in [2.45, 2.75) is 45.4 Å². The van der Waals surface area contributed by atoms with Crippen molar-refractivity contribution in [2.75, 3.05) is 0 Å². The monoisotopic (exact) mass is 201 g/mol. The summed E-state index contributed by atoms with van der Waals surface area (Å²) < 4.78 is 0. The van der Waals surface area contributed by atoms with Gasteiger partial charge in [-0.1, -0.05) is 27.2 Å². The molecule has 82 valence electrons. The Kier molecular flexibility index (Phi) is 3.01. The van der Waals surface area contributed by atoms with Crippen molar-refractivity contribution in [3.05, 3.63) is 0 Å². The van der Waals surface area contributed by atoms with Crippen LogP contribution in [0.4, 0.5) is 4.79 Å². The van der Waals surface area contributed by atoms with Gasteiger partial charge < -0.3 is 10.4 Å². The minimum absolute atomic E-state index is 0.159. The highest BCUT2D eigenvalue weighted by atomic mass is 16.3. The van der Waals surface area contributed by atoms with E-state index in [4.69, 9.17) is 5.84 Å². The third kappa shape index (κ3) is 1.27. The molecule has 5 heteroatoms. The van der Waals surface area contributed by atoms with Crippen LogP contribution in [0.25, 0.3) is 0 Å². The van der Waals surface area contributed by atoms with Crippen LogP contribution in [0.1, 0.15) is 33.6 Å². The summed E-state index contributed by atoms with van der Waals surface area (Å²) in [7, 11) is 0. The van der Waals surface area contributed by atoms with Gasteiger partial charge >= 0.3 is 6.03 Å². The van der Waals surface area contributed by atoms with Crippen molar-refractivity contribution in [3.63, 3.8) is 0 Å². The fraction of sp³-hybridized carbons (Fsp3) is 0.889. The summed E-state index contributed by atoms with van der Waals surface area (Å²) >= 11 is 0. The number of hydrogen-bond acceptors (Lipinski definition) is 3. The maximum absolute atomic E-state index is 11.3. The lowest BCUT2D eigenvalue weighted by atomic mass is 9.80. The molecule has 0 bridgehead atoms. The lowest BCUT2D eigenvalue weighted by molar-refractivity contribution is -0.0165. The van der Waals surface area contributed by atoms with Crippen molar-refractivity contribution in [3.8, 4) is 0 Å². The van der Waals surface area contributed by atoms with Crippen LogP contribution in [0, 0.1) is 5.92 Å². The molecule has 0 aromatic heterocycles. The number of aliphatic hydroxyl groups is 1. The Hall–Kier alpha value is -0.810. The number of rotatable bonds is 3. The number of carbonyl (C=O) groups excluding carboxylic acids is 1. The molecule has 0 aliphatic carbocycles. The van der Waals surface area contributed by atoms with Gasteiger partial charge in [-0.3, -0.25) is 5.01 Å². The average molecular weight is 201 g/mol. The van der Waals surface area contributed by atoms with Gasteiger partial charge in [0.25, 0.3) is 0 Å². The SMILES string of the molecule is CCC(C)C1(CC)C(O)NC(=O)N1N. The Labute approximate surface area is 84.2 Å². The van der Waals surface area contributed by atoms with Gasteiger partial charge in [0.2, 0.25) is 0 Å². The largest absolute Gasteiger partial charge is 0.371 e. The molecule has 0 aromatic carbocycles. The number of aliphatic hydroxyl groups excluding tert-OH is 1. The first-order valence-corrected chi connectivity index (χ1v) is 5.04. The lowest BCUT2D eigenvalue weighted by Gasteiger charge is -2.40. The molecule has 0 spiro atoms. The summed E-state index contributed by atoms with van der Waals surface area (Å²) in [6, 6.07) is -0.403. The highest BCUT2D eigenvalue weighted by molar-refractivity contribution is 5.77. The van der Waals surface area contributed by atoms with Crippen molar-refractivity contribution >= 4 is 6.03 Å². The van der Waals surface area contributed by atoms with Gasteiger partial charge in [0.15, 0.2) is 6.23 Å². The van der Waals surface area contributed by atoms with Gasteiger partial charge in [-0.05, 0) is 12.3 Å². The molecule has 5 nitrogen and oxygen atoms in total. The third-order valence-corrected chi connectivity index (χ3v) is 3.43. The standard InChI is InChI=1S/C9H19N3O2/c1-4-6(3)9(5-2)7(13)11-8(14)12(9)10/h6-7,13H,4-5,10H2,1-3H3,(H,11,14). The van der Waals surface area contributed by atoms with Crippen LogP contribution in [-0.2, 0) is 0 Å². The van der Waals surface area contributed by atoms with E-state index in [0.29, 0.717) is 6.42 Å². The van der Waals surface area contributed by atoms with Gasteiger partial charge in [-0.25, -0.2) is 10.6 Å². The highest BCUT2D eigenvalue weighted by Crippen LogP contribution is 2.35. The molecular weight excluding hydrogens is 182 g/mol. The van der Waals surface area contributed by atoms with E-state index in [9.17, 15) is 9.90 Å². The molecule has 2 amide bonds. The van der Waals surface area contributed by atoms with Crippen molar-refractivity contribution in [1.82, 2.24) is 10.3 Å². The molecule has 0 radical (unpaired) electrons. The molecule has 3 unspecified atom stereocenters. The maximum Gasteiger partial charge on any atom is 0.334 e. The number of urea groups is 1. The van der Waals surface area contributed by atoms with Gasteiger partial charge in [-0.2, -0.15) is 0 Å². The summed E-state index contributed by atoms with van der Waals surface area (Å²) in [5.74, 6) is 5.85. The number of nitrogens with zero attached hydrogens (tertiary/aromatic N) is 1. The molecular formula is C9H19N3O2. The summed E-state index contributed by atoms with van der Waals surface area (Å²) in [6.45, 7) is 5.94. The van der Waals surface area contributed by atoms with Crippen molar-refractivity contribution in [1.29, 1.82) is 0 Å². The third-order valence-electron chi connectivity index (χ3n) is 3.43. The van der Waals surface area contributed by atoms with Gasteiger partial charge in [0, 0.05) is 0 Å². The minimum atomic E-state index is -0.875. The van der Waals surface area contributed by atoms with Crippen LogP contribution in [0.2, 0.25) is 0 Å². The van der Waals surface area contributed by atoms with Gasteiger partial charge in [-0.15, -0.1) is 0 Å². The minimum Gasteiger partial charge on any atom is -0.371 e. The maximum atomic E-state index is 11.3. The molecule has 4 N–H and O–H groups in total.